The fourth-order valence-electron chi connectivity index (χ4n) is 2.66. The van der Waals surface area contributed by atoms with Gasteiger partial charge in [-0.05, 0) is 49.5 Å². The molecule has 2 heteroatoms. The van der Waals surface area contributed by atoms with Gasteiger partial charge in [-0.1, -0.05) is 43.5 Å². The lowest BCUT2D eigenvalue weighted by molar-refractivity contribution is 0.767. The summed E-state index contributed by atoms with van der Waals surface area (Å²) in [5.74, 6) is 0. The van der Waals surface area contributed by atoms with Crippen molar-refractivity contribution in [3.63, 3.8) is 0 Å². The number of aromatic nitrogens is 1. The number of rotatable bonds is 5. The van der Waals surface area contributed by atoms with E-state index in [-0.39, 0.29) is 0 Å². The molecule has 0 aliphatic carbocycles. The van der Waals surface area contributed by atoms with Crippen LogP contribution in [0.2, 0.25) is 5.02 Å². The summed E-state index contributed by atoms with van der Waals surface area (Å²) < 4.78 is 0. The summed E-state index contributed by atoms with van der Waals surface area (Å²) in [6, 6.07) is 6.26. The van der Waals surface area contributed by atoms with Crippen molar-refractivity contribution in [1.82, 2.24) is 4.98 Å². The second-order valence-electron chi connectivity index (χ2n) is 5.05. The summed E-state index contributed by atoms with van der Waals surface area (Å²) in [5, 5.41) is 2.02. The Kier molecular flexibility index (Phi) is 4.71. The Morgan fingerprint density at radius 2 is 2.00 bits per heavy atom. The number of halogens is 1. The molecule has 1 nitrogen and oxygen atoms in total. The number of H-pyrrole nitrogens is 1. The number of unbranched alkanes of at least 4 members (excludes halogenated alkanes) is 1. The molecular weight excluding hydrogens is 254 g/mol. The van der Waals surface area contributed by atoms with Crippen LogP contribution in [-0.4, -0.2) is 4.98 Å². The van der Waals surface area contributed by atoms with E-state index < -0.39 is 0 Å². The summed E-state index contributed by atoms with van der Waals surface area (Å²) in [4.78, 5) is 3.23. The zero-order chi connectivity index (χ0) is 13.8. The number of fused-ring (bicyclic) bond motifs is 1. The maximum absolute atomic E-state index is 6.22. The zero-order valence-electron chi connectivity index (χ0n) is 12.0. The maximum Gasteiger partial charge on any atom is 0.0649 e. The van der Waals surface area contributed by atoms with Gasteiger partial charge in [0, 0.05) is 11.6 Å². The highest BCUT2D eigenvalue weighted by atomic mass is 35.5. The van der Waals surface area contributed by atoms with E-state index in [2.05, 4.69) is 37.9 Å². The monoisotopic (exact) mass is 275 g/mol. The number of hydrogen-bond acceptors (Lipinski definition) is 0. The first-order chi connectivity index (χ1) is 9.19. The van der Waals surface area contributed by atoms with Crippen LogP contribution in [0.25, 0.3) is 16.5 Å². The van der Waals surface area contributed by atoms with E-state index in [1.165, 1.54) is 35.8 Å². The number of benzene rings is 1. The van der Waals surface area contributed by atoms with Gasteiger partial charge in [0.05, 0.1) is 10.5 Å². The predicted octanol–water partition coefficient (Wildman–Crippen LogP) is 6.20. The average molecular weight is 276 g/mol. The van der Waals surface area contributed by atoms with Crippen molar-refractivity contribution in [1.29, 1.82) is 0 Å². The third-order valence-corrected chi connectivity index (χ3v) is 4.18. The highest BCUT2D eigenvalue weighted by molar-refractivity contribution is 6.35. The van der Waals surface area contributed by atoms with E-state index in [9.17, 15) is 0 Å². The zero-order valence-corrected chi connectivity index (χ0v) is 12.8. The molecule has 0 unspecified atom stereocenters. The lowest BCUT2D eigenvalue weighted by atomic mass is 9.94. The molecular formula is C17H22ClN. The van der Waals surface area contributed by atoms with Gasteiger partial charge in [-0.3, -0.25) is 0 Å². The molecule has 1 aromatic heterocycles. The van der Waals surface area contributed by atoms with Crippen molar-refractivity contribution in [3.05, 3.63) is 40.6 Å². The summed E-state index contributed by atoms with van der Waals surface area (Å²) in [7, 11) is 0. The highest BCUT2D eigenvalue weighted by Gasteiger charge is 2.10. The number of nitrogens with one attached hydrogen (secondary N) is 1. The van der Waals surface area contributed by atoms with Gasteiger partial charge >= 0.3 is 0 Å². The van der Waals surface area contributed by atoms with Crippen molar-refractivity contribution in [3.8, 4) is 0 Å². The molecule has 0 radical (unpaired) electrons. The van der Waals surface area contributed by atoms with Crippen molar-refractivity contribution >= 4 is 28.1 Å². The van der Waals surface area contributed by atoms with E-state index in [0.29, 0.717) is 0 Å². The number of aromatic amines is 1. The maximum atomic E-state index is 6.22. The summed E-state index contributed by atoms with van der Waals surface area (Å²) in [6.07, 6.45) is 6.81. The molecule has 2 aromatic rings. The first-order valence-electron chi connectivity index (χ1n) is 7.13. The Balaban J connectivity index is 2.50. The Bertz CT molecular complexity index is 592. The van der Waals surface area contributed by atoms with Gasteiger partial charge in [-0.2, -0.15) is 0 Å². The first kappa shape index (κ1) is 14.2. The Morgan fingerprint density at radius 3 is 2.68 bits per heavy atom. The van der Waals surface area contributed by atoms with Gasteiger partial charge in [0.2, 0.25) is 0 Å². The molecule has 0 aliphatic heterocycles. The molecule has 0 fully saturated rings. The fourth-order valence-corrected chi connectivity index (χ4v) is 2.88. The molecule has 1 heterocycles. The molecule has 0 saturated carbocycles. The van der Waals surface area contributed by atoms with Gasteiger partial charge in [-0.15, -0.1) is 0 Å². The fraction of sp³-hybridized carbons (Fsp3) is 0.412. The van der Waals surface area contributed by atoms with E-state index in [4.69, 9.17) is 11.6 Å². The van der Waals surface area contributed by atoms with Crippen LogP contribution in [-0.2, 0) is 0 Å². The Labute approximate surface area is 120 Å². The van der Waals surface area contributed by atoms with E-state index in [1.807, 2.05) is 12.3 Å². The summed E-state index contributed by atoms with van der Waals surface area (Å²) >= 11 is 6.22. The van der Waals surface area contributed by atoms with Crippen molar-refractivity contribution in [2.24, 2.45) is 0 Å². The first-order valence-corrected chi connectivity index (χ1v) is 7.51. The summed E-state index contributed by atoms with van der Waals surface area (Å²) in [5.41, 5.74) is 5.34. The predicted molar refractivity (Wildman–Crippen MR) is 85.7 cm³/mol. The van der Waals surface area contributed by atoms with Gasteiger partial charge in [0.1, 0.15) is 0 Å². The largest absolute Gasteiger partial charge is 0.360 e. The lowest BCUT2D eigenvalue weighted by Crippen LogP contribution is -1.90. The molecule has 1 aromatic carbocycles. The molecule has 2 rings (SSSR count). The average Bonchev–Trinajstić information content (AvgIpc) is 2.90. The van der Waals surface area contributed by atoms with Crippen LogP contribution in [0.15, 0.2) is 30.0 Å². The third-order valence-electron chi connectivity index (χ3n) is 3.87. The minimum Gasteiger partial charge on any atom is -0.360 e. The van der Waals surface area contributed by atoms with Crippen LogP contribution in [0.1, 0.15) is 52.0 Å². The SMILES string of the molecule is CCCC/C(CC)=C(\C)c1ccc(Cl)c2[nH]ccc12. The normalized spacial score (nSPS) is 12.8. The topological polar surface area (TPSA) is 15.8 Å². The molecule has 0 aliphatic rings. The van der Waals surface area contributed by atoms with Crippen LogP contribution in [0, 0.1) is 0 Å². The molecule has 0 atom stereocenters. The van der Waals surface area contributed by atoms with Crippen LogP contribution >= 0.6 is 11.6 Å². The van der Waals surface area contributed by atoms with Gasteiger partial charge < -0.3 is 4.98 Å². The molecule has 102 valence electrons. The summed E-state index contributed by atoms with van der Waals surface area (Å²) in [6.45, 7) is 6.73. The van der Waals surface area contributed by atoms with E-state index >= 15 is 0 Å². The molecule has 0 saturated heterocycles. The van der Waals surface area contributed by atoms with Gasteiger partial charge in [-0.25, -0.2) is 0 Å². The minimum atomic E-state index is 0.795. The molecule has 0 bridgehead atoms. The third kappa shape index (κ3) is 2.87. The van der Waals surface area contributed by atoms with Crippen LogP contribution in [0.5, 0.6) is 0 Å². The van der Waals surface area contributed by atoms with Crippen LogP contribution < -0.4 is 0 Å². The molecule has 0 amide bonds. The van der Waals surface area contributed by atoms with Crippen molar-refractivity contribution < 1.29 is 0 Å². The minimum absolute atomic E-state index is 0.795. The van der Waals surface area contributed by atoms with E-state index in [0.717, 1.165) is 17.0 Å². The van der Waals surface area contributed by atoms with Crippen LogP contribution in [0.4, 0.5) is 0 Å². The second kappa shape index (κ2) is 6.29. The number of allylic oxidation sites excluding steroid dienone is 2. The smallest absolute Gasteiger partial charge is 0.0649 e. The van der Waals surface area contributed by atoms with Gasteiger partial charge in [0.25, 0.3) is 0 Å². The molecule has 1 N–H and O–H groups in total. The second-order valence-corrected chi connectivity index (χ2v) is 5.45. The quantitative estimate of drug-likeness (QED) is 0.669. The van der Waals surface area contributed by atoms with E-state index in [1.54, 1.807) is 5.57 Å². The number of hydrogen-bond donors (Lipinski definition) is 1. The van der Waals surface area contributed by atoms with Gasteiger partial charge in [0.15, 0.2) is 0 Å². The molecule has 19 heavy (non-hydrogen) atoms. The standard InChI is InChI=1S/C17H22ClN/c1-4-6-7-13(5-2)12(3)14-8-9-16(18)17-15(14)10-11-19-17/h8-11,19H,4-7H2,1-3H3/b13-12+. The van der Waals surface area contributed by atoms with Crippen molar-refractivity contribution in [2.75, 3.05) is 0 Å². The Hall–Kier alpha value is -1.21. The van der Waals surface area contributed by atoms with Crippen LogP contribution in [0.3, 0.4) is 0 Å². The lowest BCUT2D eigenvalue weighted by Gasteiger charge is -2.12. The Morgan fingerprint density at radius 1 is 1.21 bits per heavy atom. The highest BCUT2D eigenvalue weighted by Crippen LogP contribution is 2.32. The van der Waals surface area contributed by atoms with Crippen molar-refractivity contribution in [2.45, 2.75) is 46.5 Å². The molecule has 0 spiro atoms.